The number of Topliss-reactive ketones (excluding diaryl/α,β-unsaturated/α-hetero) is 1. The van der Waals surface area contributed by atoms with E-state index in [4.69, 9.17) is 23.2 Å². The predicted octanol–water partition coefficient (Wildman–Crippen LogP) is 4.73. The van der Waals surface area contributed by atoms with Crippen molar-refractivity contribution in [3.63, 3.8) is 0 Å². The van der Waals surface area contributed by atoms with Gasteiger partial charge in [0.25, 0.3) is 0 Å². The molecule has 1 N–H and O–H groups in total. The number of carbonyl (C=O) groups excluding carboxylic acids is 1. The Bertz CT molecular complexity index is 616. The van der Waals surface area contributed by atoms with Crippen LogP contribution in [0.5, 0.6) is 0 Å². The molecule has 0 spiro atoms. The number of ketones is 1. The first-order valence-corrected chi connectivity index (χ1v) is 7.67. The smallest absolute Gasteiger partial charge is 0.136 e. The van der Waals surface area contributed by atoms with E-state index in [9.17, 15) is 4.79 Å². The Morgan fingerprint density at radius 3 is 1.67 bits per heavy atom. The minimum absolute atomic E-state index is 0.0683. The Morgan fingerprint density at radius 1 is 0.810 bits per heavy atom. The SMILES string of the molecule is O=C1CC(c2ccccc2Cl)NC(c2ccccc2Cl)C1. The molecule has 2 unspecified atom stereocenters. The predicted molar refractivity (Wildman–Crippen MR) is 85.8 cm³/mol. The molecule has 1 fully saturated rings. The van der Waals surface area contributed by atoms with E-state index in [1.165, 1.54) is 0 Å². The van der Waals surface area contributed by atoms with Gasteiger partial charge < -0.3 is 5.32 Å². The number of nitrogens with one attached hydrogen (secondary N) is 1. The van der Waals surface area contributed by atoms with Crippen molar-refractivity contribution in [2.24, 2.45) is 0 Å². The Hall–Kier alpha value is -1.35. The van der Waals surface area contributed by atoms with Crippen LogP contribution in [0.3, 0.4) is 0 Å². The van der Waals surface area contributed by atoms with Crippen LogP contribution in [0.1, 0.15) is 36.1 Å². The Morgan fingerprint density at radius 2 is 1.24 bits per heavy atom. The summed E-state index contributed by atoms with van der Waals surface area (Å²) in [6.07, 6.45) is 0.926. The summed E-state index contributed by atoms with van der Waals surface area (Å²) in [5.74, 6) is 0.226. The lowest BCUT2D eigenvalue weighted by Crippen LogP contribution is -2.35. The molecule has 4 heteroatoms. The highest BCUT2D eigenvalue weighted by molar-refractivity contribution is 6.31. The van der Waals surface area contributed by atoms with Crippen molar-refractivity contribution in [3.05, 3.63) is 69.7 Å². The van der Waals surface area contributed by atoms with Crippen molar-refractivity contribution in [2.75, 3.05) is 0 Å². The maximum absolute atomic E-state index is 12.1. The molecular formula is C17H15Cl2NO. The van der Waals surface area contributed by atoms with Crippen molar-refractivity contribution in [2.45, 2.75) is 24.9 Å². The third-order valence-electron chi connectivity index (χ3n) is 3.83. The van der Waals surface area contributed by atoms with Gasteiger partial charge in [-0.15, -0.1) is 0 Å². The van der Waals surface area contributed by atoms with Gasteiger partial charge in [0.2, 0.25) is 0 Å². The van der Waals surface area contributed by atoms with E-state index >= 15 is 0 Å². The average molecular weight is 320 g/mol. The van der Waals surface area contributed by atoms with Gasteiger partial charge in [0.15, 0.2) is 0 Å². The second-order valence-corrected chi connectivity index (χ2v) is 6.08. The number of carbonyl (C=O) groups is 1. The summed E-state index contributed by atoms with van der Waals surface area (Å²) in [4.78, 5) is 12.1. The molecule has 2 aromatic carbocycles. The molecule has 108 valence electrons. The lowest BCUT2D eigenvalue weighted by molar-refractivity contribution is -0.121. The summed E-state index contributed by atoms with van der Waals surface area (Å²) >= 11 is 12.5. The highest BCUT2D eigenvalue weighted by Gasteiger charge is 2.30. The van der Waals surface area contributed by atoms with Crippen LogP contribution in [0.25, 0.3) is 0 Å². The van der Waals surface area contributed by atoms with E-state index in [0.29, 0.717) is 22.9 Å². The van der Waals surface area contributed by atoms with Gasteiger partial charge in [0.05, 0.1) is 0 Å². The minimum atomic E-state index is -0.0683. The fourth-order valence-corrected chi connectivity index (χ4v) is 3.35. The van der Waals surface area contributed by atoms with Crippen LogP contribution in [-0.4, -0.2) is 5.78 Å². The van der Waals surface area contributed by atoms with Gasteiger partial charge in [-0.2, -0.15) is 0 Å². The molecule has 1 saturated heterocycles. The van der Waals surface area contributed by atoms with Gasteiger partial charge in [0, 0.05) is 35.0 Å². The Kier molecular flexibility index (Phi) is 4.29. The molecule has 2 atom stereocenters. The number of hydrogen-bond donors (Lipinski definition) is 1. The van der Waals surface area contributed by atoms with Crippen LogP contribution in [0.15, 0.2) is 48.5 Å². The van der Waals surface area contributed by atoms with Crippen molar-refractivity contribution < 1.29 is 4.79 Å². The van der Waals surface area contributed by atoms with Gasteiger partial charge in [-0.1, -0.05) is 59.6 Å². The molecule has 1 aliphatic heterocycles. The van der Waals surface area contributed by atoms with Gasteiger partial charge in [-0.05, 0) is 23.3 Å². The van der Waals surface area contributed by atoms with Crippen LogP contribution >= 0.6 is 23.2 Å². The maximum atomic E-state index is 12.1. The number of rotatable bonds is 2. The van der Waals surface area contributed by atoms with Crippen molar-refractivity contribution in [1.82, 2.24) is 5.32 Å². The summed E-state index contributed by atoms with van der Waals surface area (Å²) in [6.45, 7) is 0. The highest BCUT2D eigenvalue weighted by Crippen LogP contribution is 2.35. The van der Waals surface area contributed by atoms with E-state index in [1.807, 2.05) is 48.5 Å². The first-order chi connectivity index (χ1) is 10.1. The van der Waals surface area contributed by atoms with Crippen LogP contribution < -0.4 is 5.32 Å². The van der Waals surface area contributed by atoms with Gasteiger partial charge >= 0.3 is 0 Å². The monoisotopic (exact) mass is 319 g/mol. The fraction of sp³-hybridized carbons (Fsp3) is 0.235. The van der Waals surface area contributed by atoms with Crippen LogP contribution in [0.4, 0.5) is 0 Å². The second kappa shape index (κ2) is 6.18. The molecule has 1 heterocycles. The van der Waals surface area contributed by atoms with Gasteiger partial charge in [-0.3, -0.25) is 4.79 Å². The molecule has 1 aliphatic rings. The molecule has 3 rings (SSSR count). The van der Waals surface area contributed by atoms with Crippen LogP contribution in [0.2, 0.25) is 10.0 Å². The van der Waals surface area contributed by atoms with E-state index in [1.54, 1.807) is 0 Å². The fourth-order valence-electron chi connectivity index (χ4n) is 2.81. The molecule has 0 saturated carbocycles. The third kappa shape index (κ3) is 3.13. The third-order valence-corrected chi connectivity index (χ3v) is 4.52. The summed E-state index contributed by atoms with van der Waals surface area (Å²) < 4.78 is 0. The van der Waals surface area contributed by atoms with E-state index in [0.717, 1.165) is 11.1 Å². The summed E-state index contributed by atoms with van der Waals surface area (Å²) in [6, 6.07) is 15.1. The minimum Gasteiger partial charge on any atom is -0.302 e. The zero-order chi connectivity index (χ0) is 14.8. The Balaban J connectivity index is 1.91. The molecule has 0 amide bonds. The molecule has 21 heavy (non-hydrogen) atoms. The first kappa shape index (κ1) is 14.6. The summed E-state index contributed by atoms with van der Waals surface area (Å²) in [7, 11) is 0. The van der Waals surface area contributed by atoms with Crippen molar-refractivity contribution in [1.29, 1.82) is 0 Å². The largest absolute Gasteiger partial charge is 0.302 e. The summed E-state index contributed by atoms with van der Waals surface area (Å²) in [5.41, 5.74) is 1.92. The lowest BCUT2D eigenvalue weighted by Gasteiger charge is -2.31. The zero-order valence-corrected chi connectivity index (χ0v) is 12.9. The Labute approximate surface area is 134 Å². The summed E-state index contributed by atoms with van der Waals surface area (Å²) in [5, 5.41) is 4.87. The van der Waals surface area contributed by atoms with Crippen molar-refractivity contribution >= 4 is 29.0 Å². The quantitative estimate of drug-likeness (QED) is 0.867. The molecular weight excluding hydrogens is 305 g/mol. The molecule has 0 bridgehead atoms. The number of piperidine rings is 1. The van der Waals surface area contributed by atoms with Crippen LogP contribution in [-0.2, 0) is 4.79 Å². The molecule has 0 aromatic heterocycles. The zero-order valence-electron chi connectivity index (χ0n) is 11.4. The van der Waals surface area contributed by atoms with Gasteiger partial charge in [-0.25, -0.2) is 0 Å². The lowest BCUT2D eigenvalue weighted by atomic mass is 9.89. The van der Waals surface area contributed by atoms with Crippen LogP contribution in [0, 0.1) is 0 Å². The standard InChI is InChI=1S/C17H15Cl2NO/c18-14-7-3-1-5-12(14)16-9-11(21)10-17(20-16)13-6-2-4-8-15(13)19/h1-8,16-17,20H,9-10H2. The number of halogens is 2. The normalized spacial score (nSPS) is 22.3. The van der Waals surface area contributed by atoms with Crippen molar-refractivity contribution in [3.8, 4) is 0 Å². The highest BCUT2D eigenvalue weighted by atomic mass is 35.5. The van der Waals surface area contributed by atoms with E-state index in [-0.39, 0.29) is 17.9 Å². The molecule has 0 radical (unpaired) electrons. The average Bonchev–Trinajstić information content (AvgIpc) is 2.47. The molecule has 0 aliphatic carbocycles. The molecule has 2 aromatic rings. The van der Waals surface area contributed by atoms with E-state index in [2.05, 4.69) is 5.32 Å². The number of benzene rings is 2. The van der Waals surface area contributed by atoms with E-state index < -0.39 is 0 Å². The second-order valence-electron chi connectivity index (χ2n) is 5.26. The van der Waals surface area contributed by atoms with Gasteiger partial charge in [0.1, 0.15) is 5.78 Å². The number of hydrogen-bond acceptors (Lipinski definition) is 2. The first-order valence-electron chi connectivity index (χ1n) is 6.92. The topological polar surface area (TPSA) is 29.1 Å². The maximum Gasteiger partial charge on any atom is 0.136 e. The molecule has 2 nitrogen and oxygen atoms in total.